The van der Waals surface area contributed by atoms with Crippen LogP contribution in [0, 0.1) is 0 Å². The Hall–Kier alpha value is -2.46. The zero-order valence-electron chi connectivity index (χ0n) is 18.9. The van der Waals surface area contributed by atoms with Gasteiger partial charge in [0.1, 0.15) is 0 Å². The van der Waals surface area contributed by atoms with E-state index in [1.54, 1.807) is 6.20 Å². The van der Waals surface area contributed by atoms with Crippen molar-refractivity contribution in [3.8, 4) is 0 Å². The Bertz CT molecular complexity index is 597. The minimum Gasteiger partial charge on any atom is -0.481 e. The van der Waals surface area contributed by atoms with Gasteiger partial charge in [0.05, 0.1) is 12.1 Å². The Kier molecular flexibility index (Phi) is 17.8. The molecule has 0 aliphatic rings. The Labute approximate surface area is 190 Å². The van der Waals surface area contributed by atoms with Gasteiger partial charge in [0.25, 0.3) is 0 Å². The lowest BCUT2D eigenvalue weighted by molar-refractivity contribution is -0.138. The van der Waals surface area contributed by atoms with Crippen molar-refractivity contribution in [2.45, 2.75) is 95.6 Å². The highest BCUT2D eigenvalue weighted by Gasteiger charge is 2.14. The molecule has 0 saturated carbocycles. The average molecular weight is 457 g/mol. The first-order valence-corrected chi connectivity index (χ1v) is 11.4. The van der Waals surface area contributed by atoms with Gasteiger partial charge in [-0.15, -0.1) is 0 Å². The molecule has 8 N–H and O–H groups in total. The molecule has 10 nitrogen and oxygen atoms in total. The van der Waals surface area contributed by atoms with E-state index in [-0.39, 0.29) is 37.5 Å². The maximum atomic E-state index is 11.7. The summed E-state index contributed by atoms with van der Waals surface area (Å²) in [5, 5.41) is 22.5. The van der Waals surface area contributed by atoms with E-state index in [0.29, 0.717) is 6.54 Å². The fraction of sp³-hybridized carbons (Fsp3) is 0.727. The fourth-order valence-corrected chi connectivity index (χ4v) is 2.94. The molecule has 2 atom stereocenters. The second-order valence-corrected chi connectivity index (χ2v) is 7.90. The third-order valence-corrected chi connectivity index (χ3v) is 4.95. The molecule has 0 fully saturated rings. The van der Waals surface area contributed by atoms with Crippen molar-refractivity contribution in [3.63, 3.8) is 0 Å². The van der Waals surface area contributed by atoms with Gasteiger partial charge in [-0.2, -0.15) is 0 Å². The van der Waals surface area contributed by atoms with E-state index in [4.69, 9.17) is 21.7 Å². The summed E-state index contributed by atoms with van der Waals surface area (Å²) in [5.74, 6) is -2.58. The molecule has 0 unspecified atom stereocenters. The molecule has 0 aromatic carbocycles. The van der Waals surface area contributed by atoms with Gasteiger partial charge in [-0.25, -0.2) is 0 Å². The molecule has 10 heteroatoms. The first-order valence-electron chi connectivity index (χ1n) is 11.4. The Morgan fingerprint density at radius 3 is 1.72 bits per heavy atom. The lowest BCUT2D eigenvalue weighted by atomic mass is 10.1. The molecule has 0 rings (SSSR count). The SMILES string of the molecule is N[C@@H](CCC(=O)O)C(=O)NC=CCCCCCCCCCCNC(=O)[C@@H](N)CCC(=O)O. The Morgan fingerprint density at radius 2 is 1.19 bits per heavy atom. The molecule has 0 aliphatic heterocycles. The predicted octanol–water partition coefficient (Wildman–Crippen LogP) is 1.63. The number of unbranched alkanes of at least 4 members (excludes halogenated alkanes) is 8. The predicted molar refractivity (Wildman–Crippen MR) is 122 cm³/mol. The van der Waals surface area contributed by atoms with Crippen LogP contribution in [0.4, 0.5) is 0 Å². The number of rotatable bonds is 20. The van der Waals surface area contributed by atoms with Gasteiger partial charge in [0.2, 0.25) is 11.8 Å². The summed E-state index contributed by atoms with van der Waals surface area (Å²) in [6.07, 6.45) is 13.0. The molecule has 0 radical (unpaired) electrons. The maximum Gasteiger partial charge on any atom is 0.303 e. The van der Waals surface area contributed by atoms with Crippen molar-refractivity contribution >= 4 is 23.8 Å². The van der Waals surface area contributed by atoms with Crippen molar-refractivity contribution in [3.05, 3.63) is 12.3 Å². The van der Waals surface area contributed by atoms with Gasteiger partial charge < -0.3 is 32.3 Å². The number of aliphatic carboxylic acids is 2. The Morgan fingerprint density at radius 1 is 0.719 bits per heavy atom. The summed E-state index contributed by atoms with van der Waals surface area (Å²) in [4.78, 5) is 44.3. The summed E-state index contributed by atoms with van der Waals surface area (Å²) in [7, 11) is 0. The number of carbonyl (C=O) groups is 4. The van der Waals surface area contributed by atoms with Crippen molar-refractivity contribution in [2.24, 2.45) is 11.5 Å². The highest BCUT2D eigenvalue weighted by molar-refractivity contribution is 5.83. The molecule has 0 aromatic heterocycles. The van der Waals surface area contributed by atoms with Gasteiger partial charge in [-0.1, -0.05) is 44.6 Å². The number of allylic oxidation sites excluding steroid dienone is 1. The van der Waals surface area contributed by atoms with Gasteiger partial charge in [0, 0.05) is 19.4 Å². The second-order valence-electron chi connectivity index (χ2n) is 7.90. The summed E-state index contributed by atoms with van der Waals surface area (Å²) < 4.78 is 0. The summed E-state index contributed by atoms with van der Waals surface area (Å²) >= 11 is 0. The molecule has 0 saturated heterocycles. The van der Waals surface area contributed by atoms with Crippen LogP contribution in [0.1, 0.15) is 83.5 Å². The van der Waals surface area contributed by atoms with Gasteiger partial charge in [-0.3, -0.25) is 19.2 Å². The van der Waals surface area contributed by atoms with Gasteiger partial charge in [-0.05, 0) is 38.3 Å². The van der Waals surface area contributed by atoms with Gasteiger partial charge >= 0.3 is 11.9 Å². The molecular formula is C22H40N4O6. The fourth-order valence-electron chi connectivity index (χ4n) is 2.94. The van der Waals surface area contributed by atoms with Crippen molar-refractivity contribution in [1.82, 2.24) is 10.6 Å². The topological polar surface area (TPSA) is 185 Å². The monoisotopic (exact) mass is 456 g/mol. The molecule has 0 aliphatic carbocycles. The minimum absolute atomic E-state index is 0.105. The average Bonchev–Trinajstić information content (AvgIpc) is 2.75. The molecule has 0 aromatic rings. The summed E-state index contributed by atoms with van der Waals surface area (Å²) in [5.41, 5.74) is 11.2. The molecule has 0 bridgehead atoms. The normalized spacial score (nSPS) is 12.9. The minimum atomic E-state index is -0.968. The van der Waals surface area contributed by atoms with E-state index in [1.807, 2.05) is 6.08 Å². The third kappa shape index (κ3) is 18.3. The van der Waals surface area contributed by atoms with E-state index in [9.17, 15) is 19.2 Å². The lowest BCUT2D eigenvalue weighted by Crippen LogP contribution is -2.41. The Balaban J connectivity index is 3.48. The van der Waals surface area contributed by atoms with E-state index in [2.05, 4.69) is 10.6 Å². The van der Waals surface area contributed by atoms with Crippen LogP contribution in [0.3, 0.4) is 0 Å². The lowest BCUT2D eigenvalue weighted by Gasteiger charge is -2.11. The molecular weight excluding hydrogens is 416 g/mol. The van der Waals surface area contributed by atoms with Crippen molar-refractivity contribution < 1.29 is 29.4 Å². The molecule has 2 amide bonds. The van der Waals surface area contributed by atoms with E-state index in [1.165, 1.54) is 0 Å². The smallest absolute Gasteiger partial charge is 0.303 e. The number of carboxylic acids is 2. The zero-order chi connectivity index (χ0) is 24.2. The second kappa shape index (κ2) is 19.2. The van der Waals surface area contributed by atoms with Crippen LogP contribution in [-0.4, -0.2) is 52.6 Å². The largest absolute Gasteiger partial charge is 0.481 e. The quantitative estimate of drug-likeness (QED) is 0.149. The van der Waals surface area contributed by atoms with Crippen molar-refractivity contribution in [2.75, 3.05) is 6.54 Å². The van der Waals surface area contributed by atoms with Crippen LogP contribution in [0.25, 0.3) is 0 Å². The van der Waals surface area contributed by atoms with Crippen LogP contribution < -0.4 is 22.1 Å². The first-order chi connectivity index (χ1) is 15.2. The van der Waals surface area contributed by atoms with Crippen LogP contribution >= 0.6 is 0 Å². The van der Waals surface area contributed by atoms with E-state index in [0.717, 1.165) is 57.8 Å². The molecule has 0 heterocycles. The van der Waals surface area contributed by atoms with Crippen LogP contribution in [0.15, 0.2) is 12.3 Å². The van der Waals surface area contributed by atoms with Crippen molar-refractivity contribution in [1.29, 1.82) is 0 Å². The number of hydrogen-bond acceptors (Lipinski definition) is 6. The molecule has 32 heavy (non-hydrogen) atoms. The molecule has 0 spiro atoms. The van der Waals surface area contributed by atoms with E-state index < -0.39 is 24.0 Å². The standard InChI is InChI=1S/C22H40N4O6/c23-17(11-13-19(27)28)21(31)25-15-9-7-5-3-1-2-4-6-8-10-16-26-22(32)18(24)12-14-20(29)30/h9,15,17-18H,1-8,10-14,16,23-24H2,(H,25,31)(H,26,32)(H,27,28)(H,29,30)/t17-,18-/m0/s1. The third-order valence-electron chi connectivity index (χ3n) is 4.95. The summed E-state index contributed by atoms with van der Waals surface area (Å²) in [6.45, 7) is 0.562. The highest BCUT2D eigenvalue weighted by Crippen LogP contribution is 2.09. The van der Waals surface area contributed by atoms with Crippen LogP contribution in [0.5, 0.6) is 0 Å². The number of nitrogens with one attached hydrogen (secondary N) is 2. The number of amides is 2. The first kappa shape index (κ1) is 29.5. The van der Waals surface area contributed by atoms with Crippen LogP contribution in [-0.2, 0) is 19.2 Å². The van der Waals surface area contributed by atoms with E-state index >= 15 is 0 Å². The number of carboxylic acid groups (broad SMARTS) is 2. The maximum absolute atomic E-state index is 11.7. The zero-order valence-corrected chi connectivity index (χ0v) is 18.9. The summed E-state index contributed by atoms with van der Waals surface area (Å²) in [6, 6.07) is -1.58. The van der Waals surface area contributed by atoms with Gasteiger partial charge in [0.15, 0.2) is 0 Å². The van der Waals surface area contributed by atoms with Crippen LogP contribution in [0.2, 0.25) is 0 Å². The number of nitrogens with two attached hydrogens (primary N) is 2. The molecule has 184 valence electrons. The highest BCUT2D eigenvalue weighted by atomic mass is 16.4. The number of carbonyl (C=O) groups excluding carboxylic acids is 2. The number of hydrogen-bond donors (Lipinski definition) is 6.